The van der Waals surface area contributed by atoms with E-state index in [1.807, 2.05) is 0 Å². The molecule has 1 aromatic carbocycles. The normalized spacial score (nSPS) is 18.6. The molecule has 1 unspecified atom stereocenters. The zero-order valence-corrected chi connectivity index (χ0v) is 7.52. The van der Waals surface area contributed by atoms with E-state index in [4.69, 9.17) is 4.74 Å². The lowest BCUT2D eigenvalue weighted by molar-refractivity contribution is -0.145. The molecule has 0 spiro atoms. The lowest BCUT2D eigenvalue weighted by Crippen LogP contribution is -2.31. The quantitative estimate of drug-likeness (QED) is 0.488. The van der Waals surface area contributed by atoms with Crippen molar-refractivity contribution in [3.63, 3.8) is 0 Å². The second-order valence-corrected chi connectivity index (χ2v) is 2.88. The van der Waals surface area contributed by atoms with Crippen LogP contribution in [-0.4, -0.2) is 25.0 Å². The highest BCUT2D eigenvalue weighted by atomic mass is 16.6. The monoisotopic (exact) mass is 192 g/mol. The molecule has 1 atom stereocenters. The maximum atomic E-state index is 11.6. The Balaban J connectivity index is 2.35. The molecule has 2 rings (SSSR count). The average Bonchev–Trinajstić information content (AvgIpc) is 2.56. The summed E-state index contributed by atoms with van der Waals surface area (Å²) in [7, 11) is 1.22. The highest BCUT2D eigenvalue weighted by Crippen LogP contribution is 2.28. The average molecular weight is 192 g/mol. The molecule has 0 bridgehead atoms. The minimum absolute atomic E-state index is 0.340. The number of Topliss-reactive ketones (excluding diaryl/α,β-unsaturated/α-hetero) is 1. The van der Waals surface area contributed by atoms with Crippen LogP contribution in [0.3, 0.4) is 0 Å². The number of hydrogen-bond donors (Lipinski definition) is 0. The van der Waals surface area contributed by atoms with E-state index < -0.39 is 12.1 Å². The molecular weight excluding hydrogens is 184 g/mol. The molecule has 0 aromatic heterocycles. The van der Waals surface area contributed by atoms with Crippen molar-refractivity contribution in [2.75, 3.05) is 7.11 Å². The highest BCUT2D eigenvalue weighted by Gasteiger charge is 2.38. The van der Waals surface area contributed by atoms with Crippen LogP contribution in [0.4, 0.5) is 0 Å². The summed E-state index contributed by atoms with van der Waals surface area (Å²) >= 11 is 0. The Labute approximate surface area is 80.4 Å². The van der Waals surface area contributed by atoms with E-state index in [1.54, 1.807) is 24.3 Å². The largest absolute Gasteiger partial charge is 0.470 e. The van der Waals surface area contributed by atoms with Crippen LogP contribution >= 0.6 is 0 Å². The Bertz CT molecular complexity index is 397. The Morgan fingerprint density at radius 2 is 2.14 bits per heavy atom. The number of ketones is 1. The van der Waals surface area contributed by atoms with Gasteiger partial charge in [0.15, 0.2) is 0 Å². The third kappa shape index (κ3) is 1.16. The number of benzene rings is 1. The van der Waals surface area contributed by atoms with Gasteiger partial charge in [-0.3, -0.25) is 4.79 Å². The molecule has 14 heavy (non-hydrogen) atoms. The first kappa shape index (κ1) is 8.74. The van der Waals surface area contributed by atoms with Crippen molar-refractivity contribution in [1.82, 2.24) is 0 Å². The van der Waals surface area contributed by atoms with Gasteiger partial charge in [0.2, 0.25) is 5.78 Å². The van der Waals surface area contributed by atoms with E-state index >= 15 is 0 Å². The molecular formula is C10H8O4. The molecule has 1 aromatic rings. The molecule has 4 nitrogen and oxygen atoms in total. The summed E-state index contributed by atoms with van der Waals surface area (Å²) in [6.07, 6.45) is -1.13. The predicted molar refractivity (Wildman–Crippen MR) is 47.2 cm³/mol. The topological polar surface area (TPSA) is 52.6 Å². The summed E-state index contributed by atoms with van der Waals surface area (Å²) < 4.78 is 9.60. The molecule has 0 aliphatic carbocycles. The van der Waals surface area contributed by atoms with Crippen molar-refractivity contribution in [2.24, 2.45) is 0 Å². The first-order chi connectivity index (χ1) is 6.74. The Morgan fingerprint density at radius 1 is 1.43 bits per heavy atom. The summed E-state index contributed by atoms with van der Waals surface area (Å²) in [5.74, 6) is -0.563. The minimum Gasteiger partial charge on any atom is -0.470 e. The van der Waals surface area contributed by atoms with Crippen molar-refractivity contribution >= 4 is 11.8 Å². The molecule has 0 amide bonds. The minimum atomic E-state index is -1.13. The molecule has 1 aliphatic heterocycles. The summed E-state index contributed by atoms with van der Waals surface area (Å²) in [6, 6.07) is 6.74. The smallest absolute Gasteiger partial charge is 0.355 e. The number of methoxy groups -OCH3 is 1. The molecule has 72 valence electrons. The number of rotatable bonds is 1. The highest BCUT2D eigenvalue weighted by molar-refractivity contribution is 6.15. The van der Waals surface area contributed by atoms with Crippen LogP contribution in [0.2, 0.25) is 0 Å². The van der Waals surface area contributed by atoms with Gasteiger partial charge in [0.05, 0.1) is 12.7 Å². The van der Waals surface area contributed by atoms with Crippen LogP contribution in [0.15, 0.2) is 24.3 Å². The van der Waals surface area contributed by atoms with Crippen LogP contribution in [0, 0.1) is 0 Å². The molecule has 0 radical (unpaired) electrons. The molecule has 4 heteroatoms. The predicted octanol–water partition coefficient (Wildman–Crippen LogP) is 0.803. The van der Waals surface area contributed by atoms with Crippen LogP contribution in [-0.2, 0) is 9.53 Å². The van der Waals surface area contributed by atoms with E-state index in [0.717, 1.165) is 0 Å². The molecule has 0 fully saturated rings. The maximum Gasteiger partial charge on any atom is 0.355 e. The molecule has 1 aliphatic rings. The van der Waals surface area contributed by atoms with E-state index in [1.165, 1.54) is 7.11 Å². The third-order valence-electron chi connectivity index (χ3n) is 2.05. The fourth-order valence-corrected chi connectivity index (χ4v) is 1.36. The lowest BCUT2D eigenvalue weighted by Gasteiger charge is -2.05. The second kappa shape index (κ2) is 3.14. The molecule has 1 heterocycles. The van der Waals surface area contributed by atoms with Gasteiger partial charge in [0.25, 0.3) is 6.10 Å². The number of para-hydroxylation sites is 1. The molecule has 0 saturated carbocycles. The fourth-order valence-electron chi connectivity index (χ4n) is 1.36. The Kier molecular flexibility index (Phi) is 1.96. The Hall–Kier alpha value is -1.84. The third-order valence-corrected chi connectivity index (χ3v) is 2.05. The van der Waals surface area contributed by atoms with E-state index in [-0.39, 0.29) is 5.78 Å². The van der Waals surface area contributed by atoms with E-state index in [2.05, 4.69) is 4.74 Å². The Morgan fingerprint density at radius 3 is 2.79 bits per heavy atom. The van der Waals surface area contributed by atoms with Crippen LogP contribution < -0.4 is 4.74 Å². The zero-order chi connectivity index (χ0) is 10.1. The molecule has 0 saturated heterocycles. The van der Waals surface area contributed by atoms with Gasteiger partial charge in [-0.25, -0.2) is 4.79 Å². The van der Waals surface area contributed by atoms with Gasteiger partial charge in [0.1, 0.15) is 5.75 Å². The fraction of sp³-hybridized carbons (Fsp3) is 0.200. The number of carbonyl (C=O) groups is 2. The standard InChI is InChI=1S/C10H8O4/c1-13-10(12)9-8(11)6-4-2-3-5-7(6)14-9/h2-5,9H,1H3. The first-order valence-corrected chi connectivity index (χ1v) is 4.12. The van der Waals surface area contributed by atoms with Crippen molar-refractivity contribution in [2.45, 2.75) is 6.10 Å². The van der Waals surface area contributed by atoms with E-state index in [0.29, 0.717) is 11.3 Å². The van der Waals surface area contributed by atoms with Crippen LogP contribution in [0.25, 0.3) is 0 Å². The molecule has 0 N–H and O–H groups in total. The van der Waals surface area contributed by atoms with Crippen molar-refractivity contribution < 1.29 is 19.1 Å². The summed E-state index contributed by atoms with van der Waals surface area (Å²) in [4.78, 5) is 22.7. The van der Waals surface area contributed by atoms with Gasteiger partial charge in [-0.15, -0.1) is 0 Å². The van der Waals surface area contributed by atoms with E-state index in [9.17, 15) is 9.59 Å². The number of carbonyl (C=O) groups excluding carboxylic acids is 2. The van der Waals surface area contributed by atoms with Gasteiger partial charge in [-0.2, -0.15) is 0 Å². The lowest BCUT2D eigenvalue weighted by atomic mass is 10.1. The van der Waals surface area contributed by atoms with Gasteiger partial charge in [0, 0.05) is 0 Å². The summed E-state index contributed by atoms with van der Waals surface area (Å²) in [5, 5.41) is 0. The van der Waals surface area contributed by atoms with Gasteiger partial charge in [-0.05, 0) is 12.1 Å². The SMILES string of the molecule is COC(=O)C1Oc2ccccc2C1=O. The van der Waals surface area contributed by atoms with Crippen molar-refractivity contribution in [1.29, 1.82) is 0 Å². The van der Waals surface area contributed by atoms with Crippen molar-refractivity contribution in [3.05, 3.63) is 29.8 Å². The second-order valence-electron chi connectivity index (χ2n) is 2.88. The number of hydrogen-bond acceptors (Lipinski definition) is 4. The number of esters is 1. The number of ether oxygens (including phenoxy) is 2. The van der Waals surface area contributed by atoms with Gasteiger partial charge >= 0.3 is 5.97 Å². The van der Waals surface area contributed by atoms with Crippen LogP contribution in [0.5, 0.6) is 5.75 Å². The maximum absolute atomic E-state index is 11.6. The zero-order valence-electron chi connectivity index (χ0n) is 7.52. The van der Waals surface area contributed by atoms with Crippen LogP contribution in [0.1, 0.15) is 10.4 Å². The van der Waals surface area contributed by atoms with Gasteiger partial charge < -0.3 is 9.47 Å². The summed E-state index contributed by atoms with van der Waals surface area (Å²) in [6.45, 7) is 0. The van der Waals surface area contributed by atoms with Crippen molar-refractivity contribution in [3.8, 4) is 5.75 Å². The first-order valence-electron chi connectivity index (χ1n) is 4.12. The summed E-state index contributed by atoms with van der Waals surface area (Å²) in [5.41, 5.74) is 0.433. The number of fused-ring (bicyclic) bond motifs is 1. The van der Waals surface area contributed by atoms with Gasteiger partial charge in [-0.1, -0.05) is 12.1 Å².